The Balaban J connectivity index is 1.77. The first-order chi connectivity index (χ1) is 9.70. The molecule has 1 heterocycles. The second kappa shape index (κ2) is 7.29. The molecule has 4 heteroatoms. The molecular weight excluding hydrogens is 250 g/mol. The Morgan fingerprint density at radius 2 is 2.15 bits per heavy atom. The van der Waals surface area contributed by atoms with Crippen LogP contribution in [0.4, 0.5) is 5.69 Å². The highest BCUT2D eigenvalue weighted by molar-refractivity contribution is 5.80. The monoisotopic (exact) mass is 275 g/mol. The number of carbonyl (C=O) groups is 1. The van der Waals surface area contributed by atoms with Gasteiger partial charge in [-0.2, -0.15) is 0 Å². The lowest BCUT2D eigenvalue weighted by molar-refractivity contribution is -0.128. The standard InChI is InChI=1S/C16H25N3O/c1-3-19-11-7-10-15(19)13-18(2)16(20)12-17-14-8-5-4-6-9-14/h4-6,8-9,15,17H,3,7,10-13H2,1-2H3. The molecule has 2 rings (SSSR count). The van der Waals surface area contributed by atoms with Crippen molar-refractivity contribution < 1.29 is 4.79 Å². The van der Waals surface area contributed by atoms with Gasteiger partial charge in [0.15, 0.2) is 0 Å². The number of anilines is 1. The van der Waals surface area contributed by atoms with Crippen molar-refractivity contribution in [3.8, 4) is 0 Å². The minimum Gasteiger partial charge on any atom is -0.376 e. The van der Waals surface area contributed by atoms with Crippen LogP contribution in [0.3, 0.4) is 0 Å². The Morgan fingerprint density at radius 1 is 1.40 bits per heavy atom. The van der Waals surface area contributed by atoms with Gasteiger partial charge in [0.1, 0.15) is 0 Å². The molecule has 1 aliphatic rings. The van der Waals surface area contributed by atoms with E-state index in [1.807, 2.05) is 42.3 Å². The molecule has 1 fully saturated rings. The van der Waals surface area contributed by atoms with Crippen LogP contribution in [0.1, 0.15) is 19.8 Å². The summed E-state index contributed by atoms with van der Waals surface area (Å²) in [5.41, 5.74) is 0.991. The van der Waals surface area contributed by atoms with Crippen molar-refractivity contribution in [3.63, 3.8) is 0 Å². The number of nitrogens with zero attached hydrogens (tertiary/aromatic N) is 2. The summed E-state index contributed by atoms with van der Waals surface area (Å²) in [7, 11) is 1.90. The molecule has 0 aromatic heterocycles. The Hall–Kier alpha value is -1.55. The quantitative estimate of drug-likeness (QED) is 0.863. The predicted octanol–water partition coefficient (Wildman–Crippen LogP) is 2.04. The molecule has 1 amide bonds. The maximum atomic E-state index is 12.1. The summed E-state index contributed by atoms with van der Waals surface area (Å²) in [5, 5.41) is 3.17. The summed E-state index contributed by atoms with van der Waals surface area (Å²) in [6.07, 6.45) is 2.46. The van der Waals surface area contributed by atoms with E-state index in [1.54, 1.807) is 0 Å². The molecule has 0 radical (unpaired) electrons. The summed E-state index contributed by atoms with van der Waals surface area (Å²) in [6, 6.07) is 10.4. The van der Waals surface area contributed by atoms with Gasteiger partial charge in [-0.05, 0) is 38.1 Å². The second-order valence-electron chi connectivity index (χ2n) is 5.42. The minimum atomic E-state index is 0.150. The molecule has 1 atom stereocenters. The number of likely N-dealkylation sites (N-methyl/N-ethyl adjacent to an activating group) is 2. The summed E-state index contributed by atoms with van der Waals surface area (Å²) < 4.78 is 0. The number of amides is 1. The highest BCUT2D eigenvalue weighted by atomic mass is 16.2. The Kier molecular flexibility index (Phi) is 5.41. The summed E-state index contributed by atoms with van der Waals surface area (Å²) >= 11 is 0. The van der Waals surface area contributed by atoms with Crippen molar-refractivity contribution in [2.75, 3.05) is 38.5 Å². The van der Waals surface area contributed by atoms with E-state index in [-0.39, 0.29) is 5.91 Å². The lowest BCUT2D eigenvalue weighted by atomic mass is 10.2. The van der Waals surface area contributed by atoms with Gasteiger partial charge in [0, 0.05) is 25.3 Å². The fraction of sp³-hybridized carbons (Fsp3) is 0.562. The van der Waals surface area contributed by atoms with Crippen molar-refractivity contribution in [2.24, 2.45) is 0 Å². The van der Waals surface area contributed by atoms with Gasteiger partial charge >= 0.3 is 0 Å². The molecule has 1 unspecified atom stereocenters. The smallest absolute Gasteiger partial charge is 0.241 e. The van der Waals surface area contributed by atoms with Gasteiger partial charge in [-0.1, -0.05) is 25.1 Å². The molecule has 4 nitrogen and oxygen atoms in total. The molecule has 20 heavy (non-hydrogen) atoms. The van der Waals surface area contributed by atoms with Gasteiger partial charge in [0.2, 0.25) is 5.91 Å². The van der Waals surface area contributed by atoms with Gasteiger partial charge in [-0.25, -0.2) is 0 Å². The van der Waals surface area contributed by atoms with Gasteiger partial charge < -0.3 is 10.2 Å². The molecule has 0 bridgehead atoms. The van der Waals surface area contributed by atoms with Crippen LogP contribution in [0.2, 0.25) is 0 Å². The van der Waals surface area contributed by atoms with E-state index in [9.17, 15) is 4.79 Å². The fourth-order valence-electron chi connectivity index (χ4n) is 2.80. The lowest BCUT2D eigenvalue weighted by Crippen LogP contribution is -2.42. The second-order valence-corrected chi connectivity index (χ2v) is 5.42. The third kappa shape index (κ3) is 3.97. The third-order valence-electron chi connectivity index (χ3n) is 4.03. The zero-order valence-corrected chi connectivity index (χ0v) is 12.5. The first kappa shape index (κ1) is 14.9. The van der Waals surface area contributed by atoms with Crippen molar-refractivity contribution in [2.45, 2.75) is 25.8 Å². The lowest BCUT2D eigenvalue weighted by Gasteiger charge is -2.28. The van der Waals surface area contributed by atoms with Crippen LogP contribution >= 0.6 is 0 Å². The highest BCUT2D eigenvalue weighted by Crippen LogP contribution is 2.17. The van der Waals surface area contributed by atoms with E-state index in [2.05, 4.69) is 17.1 Å². The molecular formula is C16H25N3O. The summed E-state index contributed by atoms with van der Waals surface area (Å²) in [6.45, 7) is 5.64. The van der Waals surface area contributed by atoms with Gasteiger partial charge in [0.05, 0.1) is 6.54 Å². The SMILES string of the molecule is CCN1CCCC1CN(C)C(=O)CNc1ccccc1. The first-order valence-electron chi connectivity index (χ1n) is 7.47. The number of carbonyl (C=O) groups excluding carboxylic acids is 1. The molecule has 1 aromatic rings. The van der Waals surface area contributed by atoms with Gasteiger partial charge in [-0.3, -0.25) is 9.69 Å². The van der Waals surface area contributed by atoms with E-state index in [0.717, 1.165) is 18.8 Å². The van der Waals surface area contributed by atoms with E-state index in [0.29, 0.717) is 12.6 Å². The van der Waals surface area contributed by atoms with Crippen molar-refractivity contribution in [3.05, 3.63) is 30.3 Å². The number of hydrogen-bond acceptors (Lipinski definition) is 3. The van der Waals surface area contributed by atoms with Crippen molar-refractivity contribution in [1.82, 2.24) is 9.80 Å². The molecule has 1 N–H and O–H groups in total. The normalized spacial score (nSPS) is 19.0. The minimum absolute atomic E-state index is 0.150. The maximum absolute atomic E-state index is 12.1. The maximum Gasteiger partial charge on any atom is 0.241 e. The van der Waals surface area contributed by atoms with Crippen molar-refractivity contribution in [1.29, 1.82) is 0 Å². The molecule has 0 aliphatic carbocycles. The highest BCUT2D eigenvalue weighted by Gasteiger charge is 2.25. The number of para-hydroxylation sites is 1. The first-order valence-corrected chi connectivity index (χ1v) is 7.47. The molecule has 1 aromatic carbocycles. The Bertz CT molecular complexity index is 421. The zero-order chi connectivity index (χ0) is 14.4. The van der Waals surface area contributed by atoms with Crippen LogP contribution in [-0.2, 0) is 4.79 Å². The number of benzene rings is 1. The molecule has 1 saturated heterocycles. The van der Waals surface area contributed by atoms with Crippen LogP contribution in [0, 0.1) is 0 Å². The van der Waals surface area contributed by atoms with Crippen LogP contribution in [0.5, 0.6) is 0 Å². The average molecular weight is 275 g/mol. The number of likely N-dealkylation sites (tertiary alicyclic amines) is 1. The number of nitrogens with one attached hydrogen (secondary N) is 1. The topological polar surface area (TPSA) is 35.6 Å². The van der Waals surface area contributed by atoms with Crippen LogP contribution < -0.4 is 5.32 Å². The third-order valence-corrected chi connectivity index (χ3v) is 4.03. The molecule has 1 aliphatic heterocycles. The molecule has 110 valence electrons. The number of rotatable bonds is 6. The predicted molar refractivity (Wildman–Crippen MR) is 82.8 cm³/mol. The van der Waals surface area contributed by atoms with Crippen LogP contribution in [0.15, 0.2) is 30.3 Å². The Morgan fingerprint density at radius 3 is 2.85 bits per heavy atom. The van der Waals surface area contributed by atoms with Gasteiger partial charge in [-0.15, -0.1) is 0 Å². The van der Waals surface area contributed by atoms with Gasteiger partial charge in [0.25, 0.3) is 0 Å². The molecule has 0 saturated carbocycles. The molecule has 0 spiro atoms. The summed E-state index contributed by atoms with van der Waals surface area (Å²) in [4.78, 5) is 16.5. The largest absolute Gasteiger partial charge is 0.376 e. The van der Waals surface area contributed by atoms with E-state index < -0.39 is 0 Å². The number of hydrogen-bond donors (Lipinski definition) is 1. The van der Waals surface area contributed by atoms with Crippen LogP contribution in [0.25, 0.3) is 0 Å². The average Bonchev–Trinajstić information content (AvgIpc) is 2.93. The van der Waals surface area contributed by atoms with E-state index >= 15 is 0 Å². The summed E-state index contributed by atoms with van der Waals surface area (Å²) in [5.74, 6) is 0.150. The Labute approximate surface area is 121 Å². The van der Waals surface area contributed by atoms with Crippen molar-refractivity contribution >= 4 is 11.6 Å². The van der Waals surface area contributed by atoms with Crippen LogP contribution in [-0.4, -0.2) is 55.0 Å². The zero-order valence-electron chi connectivity index (χ0n) is 12.5. The fourth-order valence-corrected chi connectivity index (χ4v) is 2.80. The van der Waals surface area contributed by atoms with E-state index in [4.69, 9.17) is 0 Å². The van der Waals surface area contributed by atoms with E-state index in [1.165, 1.54) is 19.4 Å².